The number of epoxide rings is 1. The summed E-state index contributed by atoms with van der Waals surface area (Å²) in [4.78, 5) is 8.66. The van der Waals surface area contributed by atoms with Gasteiger partial charge in [-0.25, -0.2) is 14.6 Å². The Morgan fingerprint density at radius 2 is 2.20 bits per heavy atom. The summed E-state index contributed by atoms with van der Waals surface area (Å²) in [7, 11) is 1.59. The molecule has 25 heavy (non-hydrogen) atoms. The van der Waals surface area contributed by atoms with Crippen LogP contribution in [0.25, 0.3) is 5.82 Å². The van der Waals surface area contributed by atoms with Crippen LogP contribution in [0.15, 0.2) is 42.9 Å². The van der Waals surface area contributed by atoms with Gasteiger partial charge in [0.25, 0.3) is 0 Å². The molecular weight excluding hydrogens is 320 g/mol. The van der Waals surface area contributed by atoms with E-state index in [0.29, 0.717) is 24.8 Å². The van der Waals surface area contributed by atoms with Crippen LogP contribution in [0.5, 0.6) is 11.6 Å². The molecule has 0 aromatic carbocycles. The summed E-state index contributed by atoms with van der Waals surface area (Å²) in [6, 6.07) is 7.66. The average molecular weight is 338 g/mol. The van der Waals surface area contributed by atoms with Crippen molar-refractivity contribution in [1.82, 2.24) is 19.7 Å². The van der Waals surface area contributed by atoms with Gasteiger partial charge < -0.3 is 14.2 Å². The lowest BCUT2D eigenvalue weighted by molar-refractivity contribution is 0.293. The van der Waals surface area contributed by atoms with Gasteiger partial charge in [0.05, 0.1) is 25.6 Å². The highest BCUT2D eigenvalue weighted by Gasteiger charge is 2.29. The van der Waals surface area contributed by atoms with Crippen molar-refractivity contribution in [2.75, 3.05) is 13.7 Å². The molecule has 0 N–H and O–H groups in total. The van der Waals surface area contributed by atoms with Gasteiger partial charge in [-0.05, 0) is 19.1 Å². The first-order valence-corrected chi connectivity index (χ1v) is 7.99. The summed E-state index contributed by atoms with van der Waals surface area (Å²) < 4.78 is 18.3. The molecule has 4 heterocycles. The number of nitrogens with zero attached hydrogens (tertiary/aromatic N) is 4. The van der Waals surface area contributed by atoms with Gasteiger partial charge in [0.2, 0.25) is 5.88 Å². The number of methoxy groups -OCH3 is 1. The molecule has 1 unspecified atom stereocenters. The Morgan fingerprint density at radius 1 is 1.32 bits per heavy atom. The Morgan fingerprint density at radius 3 is 2.92 bits per heavy atom. The Balaban J connectivity index is 1.58. The second kappa shape index (κ2) is 6.52. The van der Waals surface area contributed by atoms with Gasteiger partial charge in [-0.15, -0.1) is 0 Å². The Kier molecular flexibility index (Phi) is 4.07. The second-order valence-corrected chi connectivity index (χ2v) is 5.76. The van der Waals surface area contributed by atoms with E-state index in [4.69, 9.17) is 14.2 Å². The normalized spacial score (nSPS) is 15.8. The average Bonchev–Trinajstić information content (AvgIpc) is 3.41. The molecule has 4 rings (SSSR count). The number of rotatable bonds is 6. The first kappa shape index (κ1) is 15.6. The molecule has 3 aromatic rings. The zero-order valence-electron chi connectivity index (χ0n) is 14.0. The largest absolute Gasteiger partial charge is 0.487 e. The van der Waals surface area contributed by atoms with Gasteiger partial charge >= 0.3 is 0 Å². The van der Waals surface area contributed by atoms with Crippen molar-refractivity contribution in [3.8, 4) is 17.4 Å². The minimum absolute atomic E-state index is 0.0500. The molecule has 128 valence electrons. The lowest BCUT2D eigenvalue weighted by Gasteiger charge is -2.13. The van der Waals surface area contributed by atoms with Crippen molar-refractivity contribution in [3.05, 3.63) is 59.7 Å². The van der Waals surface area contributed by atoms with Crippen LogP contribution in [0.3, 0.4) is 0 Å². The van der Waals surface area contributed by atoms with Crippen molar-refractivity contribution >= 4 is 0 Å². The van der Waals surface area contributed by atoms with Crippen LogP contribution in [0.4, 0.5) is 0 Å². The van der Waals surface area contributed by atoms with Crippen molar-refractivity contribution in [2.45, 2.75) is 19.6 Å². The Hall–Kier alpha value is -2.93. The minimum atomic E-state index is 0.0500. The number of pyridine rings is 2. The number of hydrogen-bond donors (Lipinski definition) is 0. The maximum atomic E-state index is 6.01. The summed E-state index contributed by atoms with van der Waals surface area (Å²) >= 11 is 0. The van der Waals surface area contributed by atoms with E-state index in [1.807, 2.05) is 37.4 Å². The van der Waals surface area contributed by atoms with Crippen molar-refractivity contribution < 1.29 is 14.2 Å². The van der Waals surface area contributed by atoms with Crippen LogP contribution < -0.4 is 9.47 Å². The van der Waals surface area contributed by atoms with Crippen LogP contribution in [0, 0.1) is 6.92 Å². The molecule has 0 bridgehead atoms. The third kappa shape index (κ3) is 3.32. The molecule has 0 saturated carbocycles. The first-order valence-electron chi connectivity index (χ1n) is 7.99. The molecule has 7 heteroatoms. The molecule has 7 nitrogen and oxygen atoms in total. The fourth-order valence-electron chi connectivity index (χ4n) is 2.59. The monoisotopic (exact) mass is 338 g/mol. The van der Waals surface area contributed by atoms with Gasteiger partial charge in [0.15, 0.2) is 5.82 Å². The minimum Gasteiger partial charge on any atom is -0.487 e. The van der Waals surface area contributed by atoms with E-state index in [1.54, 1.807) is 24.2 Å². The highest BCUT2D eigenvalue weighted by atomic mass is 16.6. The molecule has 0 spiro atoms. The molecule has 1 saturated heterocycles. The second-order valence-electron chi connectivity index (χ2n) is 5.76. The van der Waals surface area contributed by atoms with Gasteiger partial charge in [-0.2, -0.15) is 5.10 Å². The van der Waals surface area contributed by atoms with Crippen LogP contribution >= 0.6 is 0 Å². The number of aryl methyl sites for hydroxylation is 1. The lowest BCUT2D eigenvalue weighted by Crippen LogP contribution is -2.07. The van der Waals surface area contributed by atoms with E-state index < -0.39 is 0 Å². The third-order valence-corrected chi connectivity index (χ3v) is 3.95. The molecule has 1 aliphatic rings. The SMILES string of the molecule is COc1cc(C2CO2)c(OCc2cccnc2-n2ccc(C)n2)cn1. The topological polar surface area (TPSA) is 74.6 Å². The predicted octanol–water partition coefficient (Wildman–Crippen LogP) is 2.63. The predicted molar refractivity (Wildman–Crippen MR) is 89.9 cm³/mol. The number of ether oxygens (including phenoxy) is 3. The summed E-state index contributed by atoms with van der Waals surface area (Å²) in [6.45, 7) is 2.99. The standard InChI is InChI=1S/C18H18N4O3/c1-12-5-7-22(21-12)18-13(4-3-6-19-18)10-24-15-9-20-17(23-2)8-14(15)16-11-25-16/h3-9,16H,10-11H2,1-2H3. The van der Waals surface area contributed by atoms with Crippen molar-refractivity contribution in [1.29, 1.82) is 0 Å². The Labute approximate surface area is 145 Å². The fourth-order valence-corrected chi connectivity index (χ4v) is 2.59. The maximum Gasteiger partial charge on any atom is 0.213 e. The summed E-state index contributed by atoms with van der Waals surface area (Å²) in [5, 5.41) is 4.42. The smallest absolute Gasteiger partial charge is 0.213 e. The highest BCUT2D eigenvalue weighted by molar-refractivity contribution is 5.39. The van der Waals surface area contributed by atoms with Crippen molar-refractivity contribution in [2.24, 2.45) is 0 Å². The van der Waals surface area contributed by atoms with Crippen LogP contribution in [-0.2, 0) is 11.3 Å². The molecule has 1 aliphatic heterocycles. The molecule has 0 amide bonds. The van der Waals surface area contributed by atoms with Crippen LogP contribution in [0.1, 0.15) is 22.9 Å². The highest BCUT2D eigenvalue weighted by Crippen LogP contribution is 2.37. The van der Waals surface area contributed by atoms with Gasteiger partial charge in [0.1, 0.15) is 18.5 Å². The van der Waals surface area contributed by atoms with Gasteiger partial charge in [-0.3, -0.25) is 0 Å². The van der Waals surface area contributed by atoms with Crippen molar-refractivity contribution in [3.63, 3.8) is 0 Å². The molecule has 1 atom stereocenters. The van der Waals surface area contributed by atoms with Gasteiger partial charge in [-0.1, -0.05) is 6.07 Å². The lowest BCUT2D eigenvalue weighted by atomic mass is 10.2. The fraction of sp³-hybridized carbons (Fsp3) is 0.278. The van der Waals surface area contributed by atoms with E-state index in [-0.39, 0.29) is 6.10 Å². The Bertz CT molecular complexity index is 890. The molecule has 0 radical (unpaired) electrons. The maximum absolute atomic E-state index is 6.01. The van der Waals surface area contributed by atoms with E-state index in [0.717, 1.165) is 22.6 Å². The van der Waals surface area contributed by atoms with Gasteiger partial charge in [0, 0.05) is 29.6 Å². The van der Waals surface area contributed by atoms with E-state index >= 15 is 0 Å². The summed E-state index contributed by atoms with van der Waals surface area (Å²) in [6.07, 6.45) is 5.35. The van der Waals surface area contributed by atoms with Crippen LogP contribution in [-0.4, -0.2) is 33.5 Å². The first-order chi connectivity index (χ1) is 12.2. The van der Waals surface area contributed by atoms with Crippen LogP contribution in [0.2, 0.25) is 0 Å². The summed E-state index contributed by atoms with van der Waals surface area (Å²) in [5.41, 5.74) is 2.82. The molecule has 3 aromatic heterocycles. The van der Waals surface area contributed by atoms with E-state index in [2.05, 4.69) is 15.1 Å². The molecule has 0 aliphatic carbocycles. The number of hydrogen-bond acceptors (Lipinski definition) is 6. The van der Waals surface area contributed by atoms with E-state index in [1.165, 1.54) is 0 Å². The molecule has 1 fully saturated rings. The van der Waals surface area contributed by atoms with E-state index in [9.17, 15) is 0 Å². The number of aromatic nitrogens is 4. The summed E-state index contributed by atoms with van der Waals surface area (Å²) in [5.74, 6) is 1.99. The quantitative estimate of drug-likeness (QED) is 0.643. The third-order valence-electron chi connectivity index (χ3n) is 3.95. The molecular formula is C18H18N4O3. The zero-order valence-corrected chi connectivity index (χ0v) is 14.0. The zero-order chi connectivity index (χ0) is 17.2.